The quantitative estimate of drug-likeness (QED) is 0.908. The maximum Gasteiger partial charge on any atom is 0.163 e. The van der Waals surface area contributed by atoms with Crippen LogP contribution in [0.15, 0.2) is 22.9 Å². The van der Waals surface area contributed by atoms with Gasteiger partial charge in [-0.3, -0.25) is 4.98 Å². The van der Waals surface area contributed by atoms with Crippen molar-refractivity contribution >= 4 is 21.7 Å². The van der Waals surface area contributed by atoms with Gasteiger partial charge in [-0.05, 0) is 41.4 Å². The predicted octanol–water partition coefficient (Wildman–Crippen LogP) is 3.19. The van der Waals surface area contributed by atoms with Gasteiger partial charge in [0.1, 0.15) is 5.82 Å². The summed E-state index contributed by atoms with van der Waals surface area (Å²) in [6.45, 7) is 5.26. The lowest BCUT2D eigenvalue weighted by Crippen LogP contribution is -2.07. The highest BCUT2D eigenvalue weighted by atomic mass is 79.9. The zero-order valence-corrected chi connectivity index (χ0v) is 13.4. The molecule has 0 bridgehead atoms. The maximum absolute atomic E-state index is 5.20. The van der Waals surface area contributed by atoms with Crippen molar-refractivity contribution in [1.82, 2.24) is 15.0 Å². The van der Waals surface area contributed by atoms with Crippen LogP contribution in [0.1, 0.15) is 18.2 Å². The number of aryl methyl sites for hydroxylation is 1. The van der Waals surface area contributed by atoms with E-state index in [1.54, 1.807) is 19.5 Å². The lowest BCUT2D eigenvalue weighted by Gasteiger charge is -2.12. The molecule has 6 heteroatoms. The fourth-order valence-corrected chi connectivity index (χ4v) is 2.26. The highest BCUT2D eigenvalue weighted by molar-refractivity contribution is 9.10. The van der Waals surface area contributed by atoms with E-state index in [0.29, 0.717) is 12.4 Å². The van der Waals surface area contributed by atoms with Crippen LogP contribution in [0.4, 0.5) is 5.82 Å². The zero-order valence-electron chi connectivity index (χ0n) is 11.8. The number of hydrogen-bond donors (Lipinski definition) is 1. The van der Waals surface area contributed by atoms with Gasteiger partial charge in [-0.2, -0.15) is 0 Å². The highest BCUT2D eigenvalue weighted by Gasteiger charge is 2.14. The molecule has 0 amide bonds. The molecule has 2 aromatic rings. The number of pyridine rings is 1. The number of nitrogens with one attached hydrogen (secondary N) is 1. The second kappa shape index (κ2) is 6.76. The Labute approximate surface area is 127 Å². The van der Waals surface area contributed by atoms with Crippen molar-refractivity contribution in [1.29, 1.82) is 0 Å². The monoisotopic (exact) mass is 336 g/mol. The standard InChI is InChI=1S/C14H17BrN4O/c1-4-17-14-12(15)11(8-20-3)18-13(19-14)10-7-16-6-5-9(10)2/h5-7H,4,8H2,1-3H3,(H,17,18,19). The molecule has 1 N–H and O–H groups in total. The number of ether oxygens (including phenoxy) is 1. The Bertz CT molecular complexity index is 576. The number of aromatic nitrogens is 3. The van der Waals surface area contributed by atoms with Crippen molar-refractivity contribution in [2.45, 2.75) is 20.5 Å². The number of methoxy groups -OCH3 is 1. The third-order valence-electron chi connectivity index (χ3n) is 2.83. The molecular formula is C14H17BrN4O. The van der Waals surface area contributed by atoms with Crippen molar-refractivity contribution in [3.05, 3.63) is 34.2 Å². The van der Waals surface area contributed by atoms with Gasteiger partial charge in [0.25, 0.3) is 0 Å². The van der Waals surface area contributed by atoms with Gasteiger partial charge in [0, 0.05) is 31.6 Å². The SMILES string of the molecule is CCNc1nc(-c2cnccc2C)nc(COC)c1Br. The topological polar surface area (TPSA) is 59.9 Å². The van der Waals surface area contributed by atoms with Crippen LogP contribution >= 0.6 is 15.9 Å². The minimum absolute atomic E-state index is 0.424. The first-order valence-electron chi connectivity index (χ1n) is 6.37. The zero-order chi connectivity index (χ0) is 14.5. The summed E-state index contributed by atoms with van der Waals surface area (Å²) >= 11 is 3.53. The minimum Gasteiger partial charge on any atom is -0.378 e. The van der Waals surface area contributed by atoms with Gasteiger partial charge in [-0.25, -0.2) is 9.97 Å². The van der Waals surface area contributed by atoms with Crippen LogP contribution < -0.4 is 5.32 Å². The molecule has 106 valence electrons. The van der Waals surface area contributed by atoms with Crippen LogP contribution in [0, 0.1) is 6.92 Å². The predicted molar refractivity (Wildman–Crippen MR) is 82.6 cm³/mol. The summed E-state index contributed by atoms with van der Waals surface area (Å²) in [5.74, 6) is 1.43. The lowest BCUT2D eigenvalue weighted by atomic mass is 10.1. The molecule has 0 saturated carbocycles. The molecule has 20 heavy (non-hydrogen) atoms. The number of halogens is 1. The van der Waals surface area contributed by atoms with Crippen molar-refractivity contribution in [3.8, 4) is 11.4 Å². The molecule has 0 radical (unpaired) electrons. The van der Waals surface area contributed by atoms with E-state index in [2.05, 4.69) is 36.2 Å². The van der Waals surface area contributed by atoms with E-state index in [1.165, 1.54) is 0 Å². The molecule has 5 nitrogen and oxygen atoms in total. The molecule has 0 saturated heterocycles. The van der Waals surface area contributed by atoms with Gasteiger partial charge < -0.3 is 10.1 Å². The normalized spacial score (nSPS) is 10.6. The van der Waals surface area contributed by atoms with Crippen LogP contribution in [-0.2, 0) is 11.3 Å². The minimum atomic E-state index is 0.424. The maximum atomic E-state index is 5.20. The first-order chi connectivity index (χ1) is 9.67. The van der Waals surface area contributed by atoms with E-state index in [1.807, 2.05) is 19.9 Å². The number of nitrogens with zero attached hydrogens (tertiary/aromatic N) is 3. The largest absolute Gasteiger partial charge is 0.378 e. The van der Waals surface area contributed by atoms with E-state index in [0.717, 1.165) is 33.7 Å². The van der Waals surface area contributed by atoms with Crippen molar-refractivity contribution in [3.63, 3.8) is 0 Å². The molecule has 0 spiro atoms. The Morgan fingerprint density at radius 2 is 2.15 bits per heavy atom. The average Bonchev–Trinajstić information content (AvgIpc) is 2.44. The molecule has 0 atom stereocenters. The first kappa shape index (κ1) is 14.9. The van der Waals surface area contributed by atoms with E-state index in [9.17, 15) is 0 Å². The Kier molecular flexibility index (Phi) is 5.03. The molecule has 2 rings (SSSR count). The molecule has 0 fully saturated rings. The Balaban J connectivity index is 2.56. The van der Waals surface area contributed by atoms with Gasteiger partial charge in [-0.1, -0.05) is 0 Å². The Morgan fingerprint density at radius 3 is 2.80 bits per heavy atom. The molecule has 0 aliphatic carbocycles. The van der Waals surface area contributed by atoms with Crippen LogP contribution in [0.5, 0.6) is 0 Å². The van der Waals surface area contributed by atoms with Gasteiger partial charge >= 0.3 is 0 Å². The first-order valence-corrected chi connectivity index (χ1v) is 7.16. The fraction of sp³-hybridized carbons (Fsp3) is 0.357. The van der Waals surface area contributed by atoms with Gasteiger partial charge in [0.2, 0.25) is 0 Å². The van der Waals surface area contributed by atoms with E-state index in [4.69, 9.17) is 4.74 Å². The number of anilines is 1. The van der Waals surface area contributed by atoms with Crippen molar-refractivity contribution in [2.75, 3.05) is 19.0 Å². The smallest absolute Gasteiger partial charge is 0.163 e. The van der Waals surface area contributed by atoms with E-state index < -0.39 is 0 Å². The van der Waals surface area contributed by atoms with Crippen LogP contribution in [0.25, 0.3) is 11.4 Å². The number of hydrogen-bond acceptors (Lipinski definition) is 5. The molecule has 0 aromatic carbocycles. The Hall–Kier alpha value is -1.53. The lowest BCUT2D eigenvalue weighted by molar-refractivity contribution is 0.181. The third-order valence-corrected chi connectivity index (χ3v) is 3.66. The summed E-state index contributed by atoms with van der Waals surface area (Å²) in [6, 6.07) is 1.95. The van der Waals surface area contributed by atoms with Crippen LogP contribution in [0.2, 0.25) is 0 Å². The summed E-state index contributed by atoms with van der Waals surface area (Å²) in [6.07, 6.45) is 3.55. The van der Waals surface area contributed by atoms with E-state index in [-0.39, 0.29) is 0 Å². The third kappa shape index (κ3) is 3.13. The van der Waals surface area contributed by atoms with Gasteiger partial charge in [0.05, 0.1) is 16.8 Å². The van der Waals surface area contributed by atoms with Crippen LogP contribution in [0.3, 0.4) is 0 Å². The molecule has 0 unspecified atom stereocenters. The molecule has 2 heterocycles. The fourth-order valence-electron chi connectivity index (χ4n) is 1.83. The molecule has 0 aliphatic heterocycles. The second-order valence-electron chi connectivity index (χ2n) is 4.31. The molecule has 2 aromatic heterocycles. The summed E-state index contributed by atoms with van der Waals surface area (Å²) in [5, 5.41) is 3.23. The average molecular weight is 337 g/mol. The van der Waals surface area contributed by atoms with E-state index >= 15 is 0 Å². The van der Waals surface area contributed by atoms with Gasteiger partial charge in [-0.15, -0.1) is 0 Å². The van der Waals surface area contributed by atoms with Crippen molar-refractivity contribution in [2.24, 2.45) is 0 Å². The number of rotatable bonds is 5. The van der Waals surface area contributed by atoms with Gasteiger partial charge in [0.15, 0.2) is 5.82 Å². The molecule has 0 aliphatic rings. The summed E-state index contributed by atoms with van der Waals surface area (Å²) in [7, 11) is 1.65. The second-order valence-corrected chi connectivity index (χ2v) is 5.10. The highest BCUT2D eigenvalue weighted by Crippen LogP contribution is 2.28. The van der Waals surface area contributed by atoms with Crippen LogP contribution in [-0.4, -0.2) is 28.6 Å². The Morgan fingerprint density at radius 1 is 1.35 bits per heavy atom. The summed E-state index contributed by atoms with van der Waals surface area (Å²) in [4.78, 5) is 13.3. The molecular weight excluding hydrogens is 320 g/mol. The summed E-state index contributed by atoms with van der Waals surface area (Å²) in [5.41, 5.74) is 2.83. The van der Waals surface area contributed by atoms with Crippen molar-refractivity contribution < 1.29 is 4.74 Å². The summed E-state index contributed by atoms with van der Waals surface area (Å²) < 4.78 is 6.04.